The van der Waals surface area contributed by atoms with Crippen LogP contribution in [0, 0.1) is 5.92 Å². The van der Waals surface area contributed by atoms with E-state index in [1.807, 2.05) is 0 Å². The molecule has 1 aromatic carbocycles. The van der Waals surface area contributed by atoms with E-state index < -0.39 is 12.1 Å². The average molecular weight is 357 g/mol. The summed E-state index contributed by atoms with van der Waals surface area (Å²) in [5.41, 5.74) is -0.0213. The molecule has 0 saturated heterocycles. The molecule has 26 heavy (non-hydrogen) atoms. The first-order valence-electron chi connectivity index (χ1n) is 9.00. The molecule has 6 heteroatoms. The van der Waals surface area contributed by atoms with Gasteiger partial charge in [0.2, 0.25) is 5.76 Å². The number of para-hydroxylation sites is 1. The van der Waals surface area contributed by atoms with E-state index >= 15 is 0 Å². The van der Waals surface area contributed by atoms with E-state index in [1.54, 1.807) is 24.3 Å². The molecule has 6 nitrogen and oxygen atoms in total. The monoisotopic (exact) mass is 357 g/mol. The first-order valence-corrected chi connectivity index (χ1v) is 9.00. The Morgan fingerprint density at radius 1 is 1.23 bits per heavy atom. The summed E-state index contributed by atoms with van der Waals surface area (Å²) < 4.78 is 10.6. The predicted octanol–water partition coefficient (Wildman–Crippen LogP) is 3.03. The van der Waals surface area contributed by atoms with Crippen LogP contribution in [0.1, 0.15) is 50.1 Å². The molecule has 0 aliphatic heterocycles. The highest BCUT2D eigenvalue weighted by molar-refractivity contribution is 5.91. The highest BCUT2D eigenvalue weighted by Gasteiger charge is 2.27. The van der Waals surface area contributed by atoms with Crippen molar-refractivity contribution in [1.82, 2.24) is 5.32 Å². The van der Waals surface area contributed by atoms with Gasteiger partial charge in [-0.05, 0) is 37.8 Å². The Morgan fingerprint density at radius 2 is 1.96 bits per heavy atom. The number of fused-ring (bicyclic) bond motifs is 1. The minimum absolute atomic E-state index is 0.107. The number of ether oxygens (including phenoxy) is 1. The lowest BCUT2D eigenvalue weighted by Crippen LogP contribution is -2.46. The van der Waals surface area contributed by atoms with Crippen molar-refractivity contribution in [3.63, 3.8) is 0 Å². The summed E-state index contributed by atoms with van der Waals surface area (Å²) in [5.74, 6) is -0.957. The van der Waals surface area contributed by atoms with Crippen molar-refractivity contribution in [3.05, 3.63) is 46.3 Å². The smallest absolute Gasteiger partial charge is 0.375 e. The van der Waals surface area contributed by atoms with Crippen LogP contribution in [0.2, 0.25) is 0 Å². The maximum Gasteiger partial charge on any atom is 0.375 e. The number of benzene rings is 1. The molecule has 1 amide bonds. The van der Waals surface area contributed by atoms with E-state index in [9.17, 15) is 14.4 Å². The summed E-state index contributed by atoms with van der Waals surface area (Å²) in [4.78, 5) is 36.7. The topological polar surface area (TPSA) is 85.6 Å². The van der Waals surface area contributed by atoms with E-state index in [0.29, 0.717) is 16.9 Å². The Kier molecular flexibility index (Phi) is 5.40. The Bertz CT molecular complexity index is 872. The molecule has 1 fully saturated rings. The summed E-state index contributed by atoms with van der Waals surface area (Å²) in [7, 11) is 0. The number of esters is 1. The molecular weight excluding hydrogens is 334 g/mol. The maximum absolute atomic E-state index is 12.3. The molecule has 1 heterocycles. The van der Waals surface area contributed by atoms with E-state index in [4.69, 9.17) is 9.15 Å². The summed E-state index contributed by atoms with van der Waals surface area (Å²) in [5, 5.41) is 3.35. The van der Waals surface area contributed by atoms with Crippen molar-refractivity contribution >= 4 is 22.8 Å². The number of hydrogen-bond donors (Lipinski definition) is 1. The van der Waals surface area contributed by atoms with Gasteiger partial charge in [-0.25, -0.2) is 4.79 Å². The van der Waals surface area contributed by atoms with Crippen LogP contribution in [-0.2, 0) is 9.53 Å². The standard InChI is InChI=1S/C20H23NO5/c1-12-7-3-5-9-15(12)21-19(23)13(2)25-20(24)18-11-16(22)14-8-4-6-10-17(14)26-18/h4,6,8,10-13,15H,3,5,7,9H2,1-2H3,(H,21,23)/t12-,13-,15+/m1/s1. The zero-order valence-electron chi connectivity index (χ0n) is 15.0. The van der Waals surface area contributed by atoms with Gasteiger partial charge in [0.25, 0.3) is 5.91 Å². The number of nitrogens with one attached hydrogen (secondary N) is 1. The zero-order valence-corrected chi connectivity index (χ0v) is 15.0. The lowest BCUT2D eigenvalue weighted by Gasteiger charge is -2.30. The van der Waals surface area contributed by atoms with Crippen LogP contribution in [0.3, 0.4) is 0 Å². The second-order valence-corrected chi connectivity index (χ2v) is 6.90. The van der Waals surface area contributed by atoms with Crippen molar-refractivity contribution in [3.8, 4) is 0 Å². The van der Waals surface area contributed by atoms with Crippen LogP contribution in [0.5, 0.6) is 0 Å². The van der Waals surface area contributed by atoms with Gasteiger partial charge in [0.05, 0.1) is 5.39 Å². The van der Waals surface area contributed by atoms with Gasteiger partial charge in [0.15, 0.2) is 11.5 Å². The third-order valence-corrected chi connectivity index (χ3v) is 4.93. The summed E-state index contributed by atoms with van der Waals surface area (Å²) in [6.45, 7) is 3.63. The van der Waals surface area contributed by atoms with Gasteiger partial charge < -0.3 is 14.5 Å². The van der Waals surface area contributed by atoms with Crippen LogP contribution in [0.4, 0.5) is 0 Å². The van der Waals surface area contributed by atoms with Gasteiger partial charge in [-0.1, -0.05) is 31.9 Å². The van der Waals surface area contributed by atoms with Crippen LogP contribution in [-0.4, -0.2) is 24.0 Å². The molecule has 1 N–H and O–H groups in total. The zero-order chi connectivity index (χ0) is 18.7. The number of rotatable bonds is 4. The quantitative estimate of drug-likeness (QED) is 0.850. The van der Waals surface area contributed by atoms with Crippen LogP contribution >= 0.6 is 0 Å². The Hall–Kier alpha value is -2.63. The molecule has 3 rings (SSSR count). The molecule has 138 valence electrons. The molecule has 1 saturated carbocycles. The molecule has 0 bridgehead atoms. The molecule has 1 aromatic heterocycles. The third-order valence-electron chi connectivity index (χ3n) is 4.93. The average Bonchev–Trinajstić information content (AvgIpc) is 2.63. The largest absolute Gasteiger partial charge is 0.449 e. The van der Waals surface area contributed by atoms with E-state index in [1.165, 1.54) is 13.3 Å². The summed E-state index contributed by atoms with van der Waals surface area (Å²) >= 11 is 0. The first kappa shape index (κ1) is 18.2. The number of hydrogen-bond acceptors (Lipinski definition) is 5. The van der Waals surface area contributed by atoms with Crippen molar-refractivity contribution in [2.75, 3.05) is 0 Å². The number of amides is 1. The Morgan fingerprint density at radius 3 is 2.73 bits per heavy atom. The van der Waals surface area contributed by atoms with Gasteiger partial charge in [-0.2, -0.15) is 0 Å². The molecule has 1 aliphatic carbocycles. The molecule has 1 aliphatic rings. The van der Waals surface area contributed by atoms with E-state index in [0.717, 1.165) is 25.3 Å². The van der Waals surface area contributed by atoms with Gasteiger partial charge in [-0.3, -0.25) is 9.59 Å². The molecule has 3 atom stereocenters. The van der Waals surface area contributed by atoms with Crippen LogP contribution in [0.15, 0.2) is 39.5 Å². The molecule has 0 spiro atoms. The van der Waals surface area contributed by atoms with Gasteiger partial charge >= 0.3 is 5.97 Å². The minimum Gasteiger partial charge on any atom is -0.449 e. The Labute approximate surface area is 151 Å². The normalized spacial score (nSPS) is 21.2. The van der Waals surface area contributed by atoms with Crippen molar-refractivity contribution in [2.45, 2.75) is 51.7 Å². The second kappa shape index (κ2) is 7.72. The highest BCUT2D eigenvalue weighted by Crippen LogP contribution is 2.23. The lowest BCUT2D eigenvalue weighted by molar-refractivity contribution is -0.130. The SMILES string of the molecule is C[C@@H]1CCCC[C@@H]1NC(=O)[C@@H](C)OC(=O)c1cc(=O)c2ccccc2o1. The minimum atomic E-state index is -0.964. The molecule has 0 unspecified atom stereocenters. The summed E-state index contributed by atoms with van der Waals surface area (Å²) in [6, 6.07) is 7.86. The van der Waals surface area contributed by atoms with E-state index in [2.05, 4.69) is 12.2 Å². The number of carbonyl (C=O) groups is 2. The molecular formula is C20H23NO5. The van der Waals surface area contributed by atoms with Crippen molar-refractivity contribution < 1.29 is 18.7 Å². The van der Waals surface area contributed by atoms with Gasteiger partial charge in [-0.15, -0.1) is 0 Å². The molecule has 2 aromatic rings. The van der Waals surface area contributed by atoms with Crippen LogP contribution < -0.4 is 10.7 Å². The van der Waals surface area contributed by atoms with Gasteiger partial charge in [0.1, 0.15) is 5.58 Å². The fraction of sp³-hybridized carbons (Fsp3) is 0.450. The number of carbonyl (C=O) groups excluding carboxylic acids is 2. The first-order chi connectivity index (χ1) is 12.5. The van der Waals surface area contributed by atoms with Crippen LogP contribution in [0.25, 0.3) is 11.0 Å². The van der Waals surface area contributed by atoms with Crippen molar-refractivity contribution in [1.29, 1.82) is 0 Å². The third kappa shape index (κ3) is 3.95. The van der Waals surface area contributed by atoms with Gasteiger partial charge in [0, 0.05) is 12.1 Å². The summed E-state index contributed by atoms with van der Waals surface area (Å²) in [6.07, 6.45) is 3.33. The van der Waals surface area contributed by atoms with Crippen molar-refractivity contribution in [2.24, 2.45) is 5.92 Å². The van der Waals surface area contributed by atoms with E-state index in [-0.39, 0.29) is 23.1 Å². The maximum atomic E-state index is 12.3. The lowest BCUT2D eigenvalue weighted by atomic mass is 9.86. The fourth-order valence-electron chi connectivity index (χ4n) is 3.31. The second-order valence-electron chi connectivity index (χ2n) is 6.90. The predicted molar refractivity (Wildman–Crippen MR) is 96.9 cm³/mol. The highest BCUT2D eigenvalue weighted by atomic mass is 16.6. The molecule has 0 radical (unpaired) electrons. The Balaban J connectivity index is 1.67. The fourth-order valence-corrected chi connectivity index (χ4v) is 3.31.